The third-order valence-corrected chi connectivity index (χ3v) is 5.56. The minimum atomic E-state index is 0.00642. The van der Waals surface area contributed by atoms with Gasteiger partial charge in [0.2, 0.25) is 5.89 Å². The summed E-state index contributed by atoms with van der Waals surface area (Å²) in [5.41, 5.74) is 1.00. The molecular weight excluding hydrogens is 266 g/mol. The van der Waals surface area contributed by atoms with E-state index in [9.17, 15) is 0 Å². The monoisotopic (exact) mass is 283 g/mol. The van der Waals surface area contributed by atoms with Crippen molar-refractivity contribution in [1.29, 1.82) is 0 Å². The number of nitrogens with zero attached hydrogens (tertiary/aromatic N) is 3. The minimum Gasteiger partial charge on any atom is -0.374 e. The van der Waals surface area contributed by atoms with Gasteiger partial charge in [0.1, 0.15) is 0 Å². The summed E-state index contributed by atoms with van der Waals surface area (Å²) in [4.78, 5) is 9.00. The second kappa shape index (κ2) is 3.91. The Balaban J connectivity index is 1.44. The molecule has 3 fully saturated rings. The second-order valence-corrected chi connectivity index (χ2v) is 6.54. The molecule has 2 aromatic rings. The van der Waals surface area contributed by atoms with E-state index in [0.717, 1.165) is 43.3 Å². The molecule has 3 heterocycles. The SMILES string of the molecule is c1ccc(Cc2noc([C@]34C[C@H]3COC43CCC3)n2)nc1. The Morgan fingerprint density at radius 3 is 2.95 bits per heavy atom. The predicted molar refractivity (Wildman–Crippen MR) is 73.7 cm³/mol. The number of hydrogen-bond acceptors (Lipinski definition) is 5. The molecule has 2 aliphatic carbocycles. The molecule has 2 aromatic heterocycles. The summed E-state index contributed by atoms with van der Waals surface area (Å²) >= 11 is 0. The van der Waals surface area contributed by atoms with Gasteiger partial charge in [-0.15, -0.1) is 0 Å². The highest BCUT2D eigenvalue weighted by molar-refractivity contribution is 5.34. The third kappa shape index (κ3) is 1.47. The van der Waals surface area contributed by atoms with Crippen molar-refractivity contribution in [2.24, 2.45) is 5.92 Å². The van der Waals surface area contributed by atoms with Crippen LogP contribution in [-0.2, 0) is 16.6 Å². The summed E-state index contributed by atoms with van der Waals surface area (Å²) in [5.74, 6) is 2.11. The average molecular weight is 283 g/mol. The highest BCUT2D eigenvalue weighted by atomic mass is 16.5. The van der Waals surface area contributed by atoms with Crippen LogP contribution >= 0.6 is 0 Å². The fourth-order valence-corrected chi connectivity index (χ4v) is 4.19. The van der Waals surface area contributed by atoms with Gasteiger partial charge in [-0.1, -0.05) is 11.2 Å². The number of aromatic nitrogens is 3. The summed E-state index contributed by atoms with van der Waals surface area (Å²) in [5, 5.41) is 4.17. The van der Waals surface area contributed by atoms with Gasteiger partial charge in [0.15, 0.2) is 5.82 Å². The van der Waals surface area contributed by atoms with Crippen LogP contribution in [0.5, 0.6) is 0 Å². The van der Waals surface area contributed by atoms with Crippen LogP contribution in [0.2, 0.25) is 0 Å². The van der Waals surface area contributed by atoms with Crippen molar-refractivity contribution in [2.75, 3.05) is 6.61 Å². The Labute approximate surface area is 122 Å². The van der Waals surface area contributed by atoms with Crippen molar-refractivity contribution < 1.29 is 9.26 Å². The van der Waals surface area contributed by atoms with E-state index in [1.165, 1.54) is 6.42 Å². The van der Waals surface area contributed by atoms with Gasteiger partial charge in [-0.05, 0) is 37.8 Å². The first-order chi connectivity index (χ1) is 10.3. The van der Waals surface area contributed by atoms with E-state index in [1.807, 2.05) is 18.2 Å². The maximum atomic E-state index is 6.08. The first-order valence-corrected chi connectivity index (χ1v) is 7.69. The van der Waals surface area contributed by atoms with Gasteiger partial charge >= 0.3 is 0 Å². The Morgan fingerprint density at radius 1 is 1.29 bits per heavy atom. The Morgan fingerprint density at radius 2 is 2.24 bits per heavy atom. The summed E-state index contributed by atoms with van der Waals surface area (Å²) < 4.78 is 11.7. The number of fused-ring (bicyclic) bond motifs is 2. The quantitative estimate of drug-likeness (QED) is 0.864. The van der Waals surface area contributed by atoms with Gasteiger partial charge in [-0.3, -0.25) is 4.98 Å². The third-order valence-electron chi connectivity index (χ3n) is 5.56. The van der Waals surface area contributed by atoms with Crippen LogP contribution in [0.1, 0.15) is 43.1 Å². The lowest BCUT2D eigenvalue weighted by Crippen LogP contribution is -2.48. The molecule has 0 bridgehead atoms. The van der Waals surface area contributed by atoms with Crippen LogP contribution in [0.3, 0.4) is 0 Å². The van der Waals surface area contributed by atoms with E-state index in [1.54, 1.807) is 6.20 Å². The normalized spacial score (nSPS) is 31.9. The fourth-order valence-electron chi connectivity index (χ4n) is 4.19. The van der Waals surface area contributed by atoms with Crippen molar-refractivity contribution in [3.05, 3.63) is 41.8 Å². The van der Waals surface area contributed by atoms with Crippen molar-refractivity contribution in [3.8, 4) is 0 Å². The molecule has 2 atom stereocenters. The maximum Gasteiger partial charge on any atom is 0.236 e. The topological polar surface area (TPSA) is 61.0 Å². The molecule has 0 unspecified atom stereocenters. The average Bonchev–Trinajstić information content (AvgIpc) is 2.87. The Bertz CT molecular complexity index is 680. The second-order valence-electron chi connectivity index (χ2n) is 6.54. The molecule has 5 nitrogen and oxygen atoms in total. The summed E-state index contributed by atoms with van der Waals surface area (Å²) in [7, 11) is 0. The van der Waals surface area contributed by atoms with Gasteiger partial charge in [0.05, 0.1) is 24.0 Å². The van der Waals surface area contributed by atoms with Crippen LogP contribution in [0, 0.1) is 5.92 Å². The van der Waals surface area contributed by atoms with Gasteiger partial charge in [0, 0.05) is 17.8 Å². The molecule has 0 aromatic carbocycles. The van der Waals surface area contributed by atoms with Crippen LogP contribution in [-0.4, -0.2) is 27.3 Å². The lowest BCUT2D eigenvalue weighted by Gasteiger charge is -2.43. The minimum absolute atomic E-state index is 0.00642. The Hall–Kier alpha value is -1.75. The molecule has 2 saturated carbocycles. The molecule has 5 heteroatoms. The smallest absolute Gasteiger partial charge is 0.236 e. The van der Waals surface area contributed by atoms with Crippen molar-refractivity contribution in [2.45, 2.75) is 43.1 Å². The van der Waals surface area contributed by atoms with Gasteiger partial charge in [-0.2, -0.15) is 4.98 Å². The lowest BCUT2D eigenvalue weighted by atomic mass is 9.68. The summed E-state index contributed by atoms with van der Waals surface area (Å²) in [6.45, 7) is 0.859. The van der Waals surface area contributed by atoms with Gasteiger partial charge in [0.25, 0.3) is 0 Å². The molecule has 1 saturated heterocycles. The largest absolute Gasteiger partial charge is 0.374 e. The maximum absolute atomic E-state index is 6.08. The van der Waals surface area contributed by atoms with Crippen LogP contribution in [0.25, 0.3) is 0 Å². The van der Waals surface area contributed by atoms with Gasteiger partial charge < -0.3 is 9.26 Å². The summed E-state index contributed by atoms with van der Waals surface area (Å²) in [6, 6.07) is 5.88. The molecule has 1 aliphatic heterocycles. The molecule has 1 spiro atoms. The zero-order chi connectivity index (χ0) is 13.9. The molecule has 0 amide bonds. The van der Waals surface area contributed by atoms with Crippen molar-refractivity contribution >= 4 is 0 Å². The van der Waals surface area contributed by atoms with E-state index in [-0.39, 0.29) is 11.0 Å². The standard InChI is InChI=1S/C16H17N3O2/c1-2-7-17-12(4-1)8-13-18-14(21-19-13)16-9-11(16)10-20-15(16)5-3-6-15/h1-2,4,7,11H,3,5-6,8-10H2/t11-,16-/m0/s1. The number of ether oxygens (including phenoxy) is 1. The molecular formula is C16H17N3O2. The van der Waals surface area contributed by atoms with Crippen molar-refractivity contribution in [3.63, 3.8) is 0 Å². The molecule has 0 radical (unpaired) electrons. The highest BCUT2D eigenvalue weighted by Crippen LogP contribution is 2.71. The molecule has 5 rings (SSSR count). The van der Waals surface area contributed by atoms with Crippen LogP contribution < -0.4 is 0 Å². The first-order valence-electron chi connectivity index (χ1n) is 7.69. The molecule has 0 N–H and O–H groups in total. The van der Waals surface area contributed by atoms with Crippen molar-refractivity contribution in [1.82, 2.24) is 15.1 Å². The Kier molecular flexibility index (Phi) is 2.21. The molecule has 3 aliphatic rings. The summed E-state index contributed by atoms with van der Waals surface area (Å²) in [6.07, 6.45) is 7.10. The van der Waals surface area contributed by atoms with E-state index >= 15 is 0 Å². The fraction of sp³-hybridized carbons (Fsp3) is 0.562. The van der Waals surface area contributed by atoms with Gasteiger partial charge in [-0.25, -0.2) is 0 Å². The first kappa shape index (κ1) is 11.9. The van der Waals surface area contributed by atoms with E-state index < -0.39 is 0 Å². The van der Waals surface area contributed by atoms with Crippen LogP contribution in [0.4, 0.5) is 0 Å². The highest BCUT2D eigenvalue weighted by Gasteiger charge is 2.77. The number of pyridine rings is 1. The zero-order valence-corrected chi connectivity index (χ0v) is 11.8. The molecule has 21 heavy (non-hydrogen) atoms. The number of rotatable bonds is 3. The lowest BCUT2D eigenvalue weighted by molar-refractivity contribution is -0.0960. The van der Waals surface area contributed by atoms with E-state index in [4.69, 9.17) is 9.26 Å². The predicted octanol–water partition coefficient (Wildman–Crippen LogP) is 2.27. The van der Waals surface area contributed by atoms with E-state index in [0.29, 0.717) is 12.3 Å². The molecule has 108 valence electrons. The number of hydrogen-bond donors (Lipinski definition) is 0. The van der Waals surface area contributed by atoms with E-state index in [2.05, 4.69) is 15.1 Å². The zero-order valence-electron chi connectivity index (χ0n) is 11.8. The van der Waals surface area contributed by atoms with Crippen LogP contribution in [0.15, 0.2) is 28.9 Å².